The number of hydrogen-bond donors (Lipinski definition) is 2. The van der Waals surface area contributed by atoms with Crippen LogP contribution in [0.15, 0.2) is 51.4 Å². The molecule has 0 amide bonds. The SMILES string of the molecule is CN=C(NCCc1noc(-c2ccccn2)n1)NCC(C)Cc1cccs1. The van der Waals surface area contributed by atoms with Crippen molar-refractivity contribution in [1.29, 1.82) is 0 Å². The second kappa shape index (κ2) is 9.82. The van der Waals surface area contributed by atoms with Crippen LogP contribution < -0.4 is 10.6 Å². The van der Waals surface area contributed by atoms with Gasteiger partial charge in [0.15, 0.2) is 11.8 Å². The van der Waals surface area contributed by atoms with Crippen molar-refractivity contribution in [2.75, 3.05) is 20.1 Å². The van der Waals surface area contributed by atoms with Crippen LogP contribution in [-0.2, 0) is 12.8 Å². The summed E-state index contributed by atoms with van der Waals surface area (Å²) in [7, 11) is 1.77. The highest BCUT2D eigenvalue weighted by atomic mass is 32.1. The van der Waals surface area contributed by atoms with Crippen molar-refractivity contribution in [3.8, 4) is 11.6 Å². The van der Waals surface area contributed by atoms with Gasteiger partial charge in [0.1, 0.15) is 5.69 Å². The first kappa shape index (κ1) is 19.0. The highest BCUT2D eigenvalue weighted by Gasteiger charge is 2.10. The van der Waals surface area contributed by atoms with Gasteiger partial charge in [-0.3, -0.25) is 9.98 Å². The van der Waals surface area contributed by atoms with Crippen molar-refractivity contribution < 1.29 is 4.52 Å². The number of guanidine groups is 1. The summed E-state index contributed by atoms with van der Waals surface area (Å²) in [6.07, 6.45) is 3.42. The van der Waals surface area contributed by atoms with E-state index >= 15 is 0 Å². The van der Waals surface area contributed by atoms with E-state index in [-0.39, 0.29) is 0 Å². The lowest BCUT2D eigenvalue weighted by molar-refractivity contribution is 0.421. The molecular formula is C19H24N6OS. The lowest BCUT2D eigenvalue weighted by Gasteiger charge is -2.15. The van der Waals surface area contributed by atoms with Gasteiger partial charge in [0.25, 0.3) is 5.89 Å². The zero-order chi connectivity index (χ0) is 18.9. The number of nitrogens with zero attached hydrogens (tertiary/aromatic N) is 4. The van der Waals surface area contributed by atoms with E-state index in [1.807, 2.05) is 18.2 Å². The largest absolute Gasteiger partial charge is 0.356 e. The number of aromatic nitrogens is 3. The molecule has 0 aliphatic rings. The van der Waals surface area contributed by atoms with Gasteiger partial charge in [-0.05, 0) is 35.9 Å². The fourth-order valence-electron chi connectivity index (χ4n) is 2.58. The molecule has 8 heteroatoms. The molecule has 0 radical (unpaired) electrons. The molecule has 7 nitrogen and oxygen atoms in total. The van der Waals surface area contributed by atoms with Crippen LogP contribution in [0, 0.1) is 5.92 Å². The molecule has 0 fully saturated rings. The van der Waals surface area contributed by atoms with Crippen LogP contribution >= 0.6 is 11.3 Å². The first-order valence-corrected chi connectivity index (χ1v) is 9.83. The van der Waals surface area contributed by atoms with Crippen LogP contribution in [0.2, 0.25) is 0 Å². The van der Waals surface area contributed by atoms with Gasteiger partial charge in [-0.1, -0.05) is 24.2 Å². The molecule has 3 aromatic heterocycles. The maximum atomic E-state index is 5.27. The predicted molar refractivity (Wildman–Crippen MR) is 108 cm³/mol. The van der Waals surface area contributed by atoms with Crippen molar-refractivity contribution in [3.05, 3.63) is 52.6 Å². The molecule has 3 heterocycles. The van der Waals surface area contributed by atoms with E-state index in [4.69, 9.17) is 4.52 Å². The minimum atomic E-state index is 0.440. The Morgan fingerprint density at radius 1 is 1.26 bits per heavy atom. The molecular weight excluding hydrogens is 360 g/mol. The number of pyridine rings is 1. The Balaban J connectivity index is 1.40. The van der Waals surface area contributed by atoms with Crippen LogP contribution in [0.25, 0.3) is 11.6 Å². The minimum Gasteiger partial charge on any atom is -0.356 e. The van der Waals surface area contributed by atoms with Gasteiger partial charge in [0.05, 0.1) is 0 Å². The fourth-order valence-corrected chi connectivity index (χ4v) is 3.45. The van der Waals surface area contributed by atoms with Gasteiger partial charge in [0, 0.05) is 37.6 Å². The van der Waals surface area contributed by atoms with Gasteiger partial charge in [-0.2, -0.15) is 4.98 Å². The average molecular weight is 385 g/mol. The maximum absolute atomic E-state index is 5.27. The lowest BCUT2D eigenvalue weighted by atomic mass is 10.1. The van der Waals surface area contributed by atoms with Crippen molar-refractivity contribution in [1.82, 2.24) is 25.8 Å². The van der Waals surface area contributed by atoms with Gasteiger partial charge >= 0.3 is 0 Å². The summed E-state index contributed by atoms with van der Waals surface area (Å²) in [6.45, 7) is 3.77. The second-order valence-electron chi connectivity index (χ2n) is 6.25. The average Bonchev–Trinajstić information content (AvgIpc) is 3.37. The Kier molecular flexibility index (Phi) is 6.92. The summed E-state index contributed by atoms with van der Waals surface area (Å²) in [6, 6.07) is 9.86. The summed E-state index contributed by atoms with van der Waals surface area (Å²) in [4.78, 5) is 14.3. The molecule has 3 rings (SSSR count). The highest BCUT2D eigenvalue weighted by Crippen LogP contribution is 2.14. The zero-order valence-corrected chi connectivity index (χ0v) is 16.4. The number of nitrogens with one attached hydrogen (secondary N) is 2. The summed E-state index contributed by atoms with van der Waals surface area (Å²) in [5.41, 5.74) is 0.682. The topological polar surface area (TPSA) is 88.2 Å². The lowest BCUT2D eigenvalue weighted by Crippen LogP contribution is -2.40. The Hall–Kier alpha value is -2.74. The Morgan fingerprint density at radius 3 is 2.93 bits per heavy atom. The van der Waals surface area contributed by atoms with Crippen LogP contribution in [0.5, 0.6) is 0 Å². The standard InChI is InChI=1S/C19H24N6OS/c1-14(12-15-6-5-11-27-15)13-23-19(20-2)22-10-8-17-24-18(26-25-17)16-7-3-4-9-21-16/h3-7,9,11,14H,8,10,12-13H2,1-2H3,(H2,20,22,23). The molecule has 142 valence electrons. The molecule has 0 bridgehead atoms. The summed E-state index contributed by atoms with van der Waals surface area (Å²) >= 11 is 1.80. The van der Waals surface area contributed by atoms with Crippen molar-refractivity contribution in [2.45, 2.75) is 19.8 Å². The normalized spacial score (nSPS) is 12.7. The summed E-state index contributed by atoms with van der Waals surface area (Å²) in [5, 5.41) is 12.8. The van der Waals surface area contributed by atoms with Gasteiger partial charge in [0.2, 0.25) is 0 Å². The molecule has 0 saturated carbocycles. The van der Waals surface area contributed by atoms with E-state index in [2.05, 4.69) is 55.2 Å². The van der Waals surface area contributed by atoms with E-state index in [1.54, 1.807) is 24.6 Å². The monoisotopic (exact) mass is 384 g/mol. The van der Waals surface area contributed by atoms with Gasteiger partial charge in [-0.15, -0.1) is 11.3 Å². The highest BCUT2D eigenvalue weighted by molar-refractivity contribution is 7.09. The Labute approximate surface area is 163 Å². The van der Waals surface area contributed by atoms with Crippen molar-refractivity contribution in [2.24, 2.45) is 10.9 Å². The van der Waals surface area contributed by atoms with Crippen LogP contribution in [-0.4, -0.2) is 41.2 Å². The quantitative estimate of drug-likeness (QED) is 0.459. The van der Waals surface area contributed by atoms with E-state index < -0.39 is 0 Å². The fraction of sp³-hybridized carbons (Fsp3) is 0.368. The number of hydrogen-bond acceptors (Lipinski definition) is 6. The molecule has 0 spiro atoms. The third-order valence-electron chi connectivity index (χ3n) is 3.96. The zero-order valence-electron chi connectivity index (χ0n) is 15.6. The van der Waals surface area contributed by atoms with Crippen molar-refractivity contribution >= 4 is 17.3 Å². The third kappa shape index (κ3) is 5.89. The molecule has 2 N–H and O–H groups in total. The first-order chi connectivity index (χ1) is 13.2. The molecule has 1 atom stereocenters. The number of aliphatic imine (C=N–C) groups is 1. The molecule has 0 saturated heterocycles. The maximum Gasteiger partial charge on any atom is 0.276 e. The second-order valence-corrected chi connectivity index (χ2v) is 7.28. The molecule has 27 heavy (non-hydrogen) atoms. The molecule has 0 aliphatic heterocycles. The van der Waals surface area contributed by atoms with E-state index in [1.165, 1.54) is 4.88 Å². The molecule has 3 aromatic rings. The molecule has 1 unspecified atom stereocenters. The van der Waals surface area contributed by atoms with E-state index in [0.29, 0.717) is 36.3 Å². The summed E-state index contributed by atoms with van der Waals surface area (Å²) < 4.78 is 5.27. The van der Waals surface area contributed by atoms with Gasteiger partial charge in [-0.25, -0.2) is 0 Å². The summed E-state index contributed by atoms with van der Waals surface area (Å²) in [5.74, 6) is 2.39. The minimum absolute atomic E-state index is 0.440. The van der Waals surface area contributed by atoms with Crippen molar-refractivity contribution in [3.63, 3.8) is 0 Å². The number of rotatable bonds is 8. The van der Waals surface area contributed by atoms with Crippen LogP contribution in [0.4, 0.5) is 0 Å². The predicted octanol–water partition coefficient (Wildman–Crippen LogP) is 2.78. The van der Waals surface area contributed by atoms with Gasteiger partial charge < -0.3 is 15.2 Å². The molecule has 0 aromatic carbocycles. The first-order valence-electron chi connectivity index (χ1n) is 8.95. The van der Waals surface area contributed by atoms with Crippen LogP contribution in [0.3, 0.4) is 0 Å². The Morgan fingerprint density at radius 2 is 2.19 bits per heavy atom. The third-order valence-corrected chi connectivity index (χ3v) is 4.86. The van der Waals surface area contributed by atoms with E-state index in [0.717, 1.165) is 18.9 Å². The van der Waals surface area contributed by atoms with Crippen LogP contribution in [0.1, 0.15) is 17.6 Å². The smallest absolute Gasteiger partial charge is 0.276 e. The molecule has 0 aliphatic carbocycles. The van der Waals surface area contributed by atoms with E-state index in [9.17, 15) is 0 Å². The Bertz CT molecular complexity index is 831. The number of thiophene rings is 1.